The van der Waals surface area contributed by atoms with Crippen LogP contribution in [0.2, 0.25) is 0 Å². The molecule has 112 heavy (non-hydrogen) atoms. The molecule has 0 unspecified atom stereocenters. The molecule has 536 valence electrons. The van der Waals surface area contributed by atoms with Crippen LogP contribution >= 0.6 is 15.9 Å². The zero-order valence-electron chi connectivity index (χ0n) is 63.9. The molecule has 21 aromatic rings. The number of hydrogen-bond acceptors (Lipinski definition) is 0. The molecule has 0 spiro atoms. The summed E-state index contributed by atoms with van der Waals surface area (Å²) in [5.74, 6) is 0. The average molecular weight is 1500 g/mol. The van der Waals surface area contributed by atoms with E-state index < -0.39 is 0 Å². The summed E-state index contributed by atoms with van der Waals surface area (Å²) in [4.78, 5) is 0. The summed E-state index contributed by atoms with van der Waals surface area (Å²) in [7, 11) is 0. The highest BCUT2D eigenvalue weighted by Crippen LogP contribution is 2.55. The third kappa shape index (κ3) is 10.4. The number of para-hydroxylation sites is 4. The Labute approximate surface area is 661 Å². The van der Waals surface area contributed by atoms with E-state index in [1.165, 1.54) is 233 Å². The predicted octanol–water partition coefficient (Wildman–Crippen LogP) is 30.4. The van der Waals surface area contributed by atoms with Crippen molar-refractivity contribution in [2.45, 2.75) is 78.1 Å². The fourth-order valence-corrected chi connectivity index (χ4v) is 20.1. The predicted molar refractivity (Wildman–Crippen MR) is 484 cm³/mol. The molecule has 0 aliphatic heterocycles. The second-order valence-electron chi connectivity index (χ2n) is 32.1. The Morgan fingerprint density at radius 3 is 1.10 bits per heavy atom. The summed E-state index contributed by atoms with van der Waals surface area (Å²) in [6, 6.07) is 126. The van der Waals surface area contributed by atoms with E-state index in [1.54, 1.807) is 0 Å². The van der Waals surface area contributed by atoms with Crippen LogP contribution in [0.25, 0.3) is 180 Å². The van der Waals surface area contributed by atoms with E-state index in [2.05, 4.69) is 405 Å². The standard InChI is InChI=1S/C51H34N2.C34H24.C18H12BrN.C5H12/c1-51(2)45-22-12-10-20-37(45)41-28-44-43-27-39-35-18-8-6-16-33(35)34-17-7-9-19-36(34)40(39)29-49(43)53(50(44)30-46(41)51)32-24-25-48-42(26-32)38-21-11-13-23-47(38)52(48)31-14-4-3-5-15-31;1-34(2)32-14-8-7-13-26(32)31-19-28-21(17-33(31)34)15-20-16-29-24-11-5-3-9-22(24)23-10-4-6-12-25(23)30(29)18-27(20)28;19-13-10-11-18-16(12-13)15-8-4-5-9-17(15)20(18)14-6-2-1-3-7-14;1-3-5-4-2/h3-30H,1-2H3;3-14,16-19H,15H2,1-2H3;1-12H;3-5H2,1-2H3. The van der Waals surface area contributed by atoms with Gasteiger partial charge >= 0.3 is 0 Å². The number of nitrogens with zero attached hydrogens (tertiary/aromatic N) is 3. The van der Waals surface area contributed by atoms with Crippen LogP contribution in [0.5, 0.6) is 0 Å². The molecule has 3 nitrogen and oxygen atoms in total. The van der Waals surface area contributed by atoms with Gasteiger partial charge in [0.25, 0.3) is 0 Å². The number of rotatable bonds is 5. The third-order valence-electron chi connectivity index (χ3n) is 25.1. The van der Waals surface area contributed by atoms with E-state index >= 15 is 0 Å². The molecule has 24 rings (SSSR count). The van der Waals surface area contributed by atoms with Gasteiger partial charge in [0.2, 0.25) is 0 Å². The Morgan fingerprint density at radius 1 is 0.232 bits per heavy atom. The number of aromatic nitrogens is 3. The summed E-state index contributed by atoms with van der Waals surface area (Å²) >= 11 is 3.57. The molecule has 3 aromatic heterocycles. The normalized spacial score (nSPS) is 13.3. The zero-order valence-corrected chi connectivity index (χ0v) is 65.5. The van der Waals surface area contributed by atoms with Crippen molar-refractivity contribution < 1.29 is 0 Å². The first kappa shape index (κ1) is 67.5. The van der Waals surface area contributed by atoms with Crippen LogP contribution in [0.3, 0.4) is 0 Å². The van der Waals surface area contributed by atoms with Gasteiger partial charge in [-0.1, -0.05) is 301 Å². The van der Waals surface area contributed by atoms with Crippen molar-refractivity contribution in [3.05, 3.63) is 378 Å². The first-order valence-electron chi connectivity index (χ1n) is 39.9. The molecule has 0 bridgehead atoms. The quantitative estimate of drug-likeness (QED) is 0.153. The van der Waals surface area contributed by atoms with Crippen LogP contribution in [0, 0.1) is 0 Å². The summed E-state index contributed by atoms with van der Waals surface area (Å²) in [6.45, 7) is 13.9. The maximum absolute atomic E-state index is 3.57. The van der Waals surface area contributed by atoms with Crippen LogP contribution in [-0.4, -0.2) is 13.7 Å². The van der Waals surface area contributed by atoms with E-state index in [4.69, 9.17) is 0 Å². The van der Waals surface area contributed by atoms with Gasteiger partial charge in [-0.2, -0.15) is 0 Å². The summed E-state index contributed by atoms with van der Waals surface area (Å²) < 4.78 is 8.37. The number of halogens is 1. The highest BCUT2D eigenvalue weighted by atomic mass is 79.9. The second kappa shape index (κ2) is 26.3. The minimum absolute atomic E-state index is 0.0485. The molecule has 0 radical (unpaired) electrons. The van der Waals surface area contributed by atoms with E-state index in [-0.39, 0.29) is 10.8 Å². The van der Waals surface area contributed by atoms with Crippen LogP contribution in [0.15, 0.2) is 344 Å². The topological polar surface area (TPSA) is 14.8 Å². The molecular weight excluding hydrogens is 1420 g/mol. The molecule has 3 aliphatic rings. The third-order valence-corrected chi connectivity index (χ3v) is 25.6. The molecule has 0 amide bonds. The second-order valence-corrected chi connectivity index (χ2v) is 33.0. The molecule has 0 saturated heterocycles. The minimum Gasteiger partial charge on any atom is -0.309 e. The van der Waals surface area contributed by atoms with Gasteiger partial charge < -0.3 is 13.7 Å². The first-order chi connectivity index (χ1) is 54.9. The largest absolute Gasteiger partial charge is 0.309 e. The summed E-state index contributed by atoms with van der Waals surface area (Å²) in [6.07, 6.45) is 5.09. The van der Waals surface area contributed by atoms with Gasteiger partial charge in [0.1, 0.15) is 0 Å². The van der Waals surface area contributed by atoms with Crippen molar-refractivity contribution in [2.75, 3.05) is 0 Å². The van der Waals surface area contributed by atoms with Gasteiger partial charge in [0.05, 0.1) is 33.1 Å². The number of unbranched alkanes of at least 4 members (excludes halogenated alkanes) is 2. The lowest BCUT2D eigenvalue weighted by molar-refractivity contribution is 0.659. The van der Waals surface area contributed by atoms with Gasteiger partial charge in [-0.3, -0.25) is 0 Å². The van der Waals surface area contributed by atoms with E-state index in [0.717, 1.165) is 10.9 Å². The van der Waals surface area contributed by atoms with E-state index in [0.29, 0.717) is 0 Å². The van der Waals surface area contributed by atoms with Gasteiger partial charge in [-0.25, -0.2) is 0 Å². The maximum atomic E-state index is 3.57. The van der Waals surface area contributed by atoms with Gasteiger partial charge in [0.15, 0.2) is 0 Å². The SMILES string of the molecule is Brc1ccc2c(c1)c1ccccc1n2-c1ccccc1.CC1(C)c2ccccc2-c2cc3c(cc21)Cc1cc2c4ccccc4c4ccccc4c2cc1-3.CC1(C)c2ccccc2-c2cc3c4cc5c6ccccc6c6ccccc6c5cc4n(-c4ccc5c(c4)c4ccccc4n5-c4ccccc4)c3cc21.CCCCC. The minimum atomic E-state index is -0.106. The highest BCUT2D eigenvalue weighted by molar-refractivity contribution is 9.10. The Bertz CT molecular complexity index is 7470. The van der Waals surface area contributed by atoms with Crippen LogP contribution in [0.4, 0.5) is 0 Å². The summed E-state index contributed by atoms with van der Waals surface area (Å²) in [5.41, 5.74) is 27.8. The smallest absolute Gasteiger partial charge is 0.0547 e. The maximum Gasteiger partial charge on any atom is 0.0547 e. The van der Waals surface area contributed by atoms with Crippen molar-refractivity contribution in [2.24, 2.45) is 0 Å². The molecular formula is C108H82BrN3. The van der Waals surface area contributed by atoms with E-state index in [9.17, 15) is 0 Å². The average Bonchev–Trinajstić information content (AvgIpc) is 1.52. The summed E-state index contributed by atoms with van der Waals surface area (Å²) in [5, 5.41) is 23.5. The zero-order chi connectivity index (χ0) is 75.3. The Balaban J connectivity index is 0.000000114. The van der Waals surface area contributed by atoms with Gasteiger partial charge in [0, 0.05) is 64.7 Å². The van der Waals surface area contributed by atoms with Gasteiger partial charge in [-0.15, -0.1) is 0 Å². The van der Waals surface area contributed by atoms with E-state index in [1.807, 2.05) is 6.07 Å². The molecule has 0 saturated carbocycles. The van der Waals surface area contributed by atoms with Crippen molar-refractivity contribution in [3.63, 3.8) is 0 Å². The Kier molecular flexibility index (Phi) is 15.9. The molecule has 18 aromatic carbocycles. The fraction of sp³-hybridized carbons (Fsp3) is 0.111. The highest BCUT2D eigenvalue weighted by Gasteiger charge is 2.39. The van der Waals surface area contributed by atoms with Crippen LogP contribution < -0.4 is 0 Å². The lowest BCUT2D eigenvalue weighted by Gasteiger charge is -2.22. The lowest BCUT2D eigenvalue weighted by Crippen LogP contribution is -2.15. The monoisotopic (exact) mass is 1500 g/mol. The fourth-order valence-electron chi connectivity index (χ4n) is 19.8. The van der Waals surface area contributed by atoms with Crippen molar-refractivity contribution in [1.82, 2.24) is 13.7 Å². The molecule has 0 fully saturated rings. The van der Waals surface area contributed by atoms with Crippen LogP contribution in [-0.2, 0) is 17.3 Å². The molecule has 0 atom stereocenters. The molecule has 0 N–H and O–H groups in total. The molecule has 3 aliphatic carbocycles. The number of hydrogen-bond donors (Lipinski definition) is 0. The lowest BCUT2D eigenvalue weighted by atomic mass is 9.81. The van der Waals surface area contributed by atoms with Crippen LogP contribution in [0.1, 0.15) is 94.2 Å². The Hall–Kier alpha value is -12.6. The molecule has 4 heteroatoms. The van der Waals surface area contributed by atoms with Crippen molar-refractivity contribution >= 4 is 146 Å². The van der Waals surface area contributed by atoms with Gasteiger partial charge in [-0.05, 0) is 253 Å². The molecule has 3 heterocycles. The Morgan fingerprint density at radius 2 is 0.580 bits per heavy atom. The van der Waals surface area contributed by atoms with Crippen molar-refractivity contribution in [3.8, 4) is 50.4 Å². The number of fused-ring (bicyclic) bond motifs is 30. The van der Waals surface area contributed by atoms with Crippen molar-refractivity contribution in [1.29, 1.82) is 0 Å². The first-order valence-corrected chi connectivity index (χ1v) is 40.7. The number of benzene rings is 18.